The largest absolute Gasteiger partial charge is 0.454 e. The van der Waals surface area contributed by atoms with Gasteiger partial charge in [-0.25, -0.2) is 0 Å². The topological polar surface area (TPSA) is 94.5 Å². The van der Waals surface area contributed by atoms with E-state index in [1.807, 2.05) is 37.3 Å². The van der Waals surface area contributed by atoms with E-state index in [9.17, 15) is 15.0 Å². The summed E-state index contributed by atoms with van der Waals surface area (Å²) in [5.41, 5.74) is 0.991. The van der Waals surface area contributed by atoms with Crippen LogP contribution in [0.4, 0.5) is 0 Å². The van der Waals surface area contributed by atoms with Crippen LogP contribution >= 0.6 is 0 Å². The molecule has 7 heteroatoms. The maximum absolute atomic E-state index is 11.2. The van der Waals surface area contributed by atoms with E-state index >= 15 is 0 Å². The molecule has 2 N–H and O–H groups in total. The second-order valence-electron chi connectivity index (χ2n) is 5.97. The second-order valence-corrected chi connectivity index (χ2v) is 5.97. The van der Waals surface area contributed by atoms with Gasteiger partial charge in [-0.05, 0) is 12.0 Å². The van der Waals surface area contributed by atoms with Crippen molar-refractivity contribution < 1.29 is 34.0 Å². The van der Waals surface area contributed by atoms with Crippen LogP contribution < -0.4 is 0 Å². The summed E-state index contributed by atoms with van der Waals surface area (Å²) in [6, 6.07) is 9.59. The van der Waals surface area contributed by atoms with Crippen molar-refractivity contribution in [1.82, 2.24) is 0 Å². The van der Waals surface area contributed by atoms with Gasteiger partial charge in [-0.2, -0.15) is 0 Å². The number of aliphatic hydroxyl groups excluding tert-OH is 2. The van der Waals surface area contributed by atoms with Gasteiger partial charge < -0.3 is 29.2 Å². The zero-order chi connectivity index (χ0) is 18.2. The number of benzene rings is 1. The zero-order valence-electron chi connectivity index (χ0n) is 14.5. The molecule has 1 fully saturated rings. The Morgan fingerprint density at radius 2 is 1.92 bits per heavy atom. The lowest BCUT2D eigenvalue weighted by Gasteiger charge is -2.41. The van der Waals surface area contributed by atoms with E-state index in [0.29, 0.717) is 13.2 Å². The maximum atomic E-state index is 11.2. The van der Waals surface area contributed by atoms with E-state index in [-0.39, 0.29) is 6.61 Å². The number of esters is 1. The maximum Gasteiger partial charge on any atom is 0.303 e. The summed E-state index contributed by atoms with van der Waals surface area (Å²) in [5.74, 6) is -0.580. The van der Waals surface area contributed by atoms with Crippen molar-refractivity contribution in [2.45, 2.75) is 57.6 Å². The third-order valence-corrected chi connectivity index (χ3v) is 3.85. The lowest BCUT2D eigenvalue weighted by Crippen LogP contribution is -2.60. The summed E-state index contributed by atoms with van der Waals surface area (Å²) in [5, 5.41) is 20.7. The number of aliphatic hydroxyl groups is 2. The summed E-state index contributed by atoms with van der Waals surface area (Å²) >= 11 is 0. The molecule has 1 aliphatic rings. The first-order chi connectivity index (χ1) is 12.0. The number of hydrogen-bond donors (Lipinski definition) is 2. The van der Waals surface area contributed by atoms with Gasteiger partial charge in [-0.3, -0.25) is 4.79 Å². The predicted octanol–water partition coefficient (Wildman–Crippen LogP) is 1.01. The Morgan fingerprint density at radius 1 is 1.20 bits per heavy atom. The molecule has 0 spiro atoms. The highest BCUT2D eigenvalue weighted by Crippen LogP contribution is 2.25. The van der Waals surface area contributed by atoms with Crippen LogP contribution in [-0.2, 0) is 30.3 Å². The molecule has 0 aliphatic carbocycles. The van der Waals surface area contributed by atoms with Crippen molar-refractivity contribution >= 4 is 5.97 Å². The Morgan fingerprint density at radius 3 is 2.56 bits per heavy atom. The van der Waals surface area contributed by atoms with Gasteiger partial charge in [0.25, 0.3) is 0 Å². The van der Waals surface area contributed by atoms with Crippen LogP contribution in [0, 0.1) is 0 Å². The molecule has 1 aromatic carbocycles. The number of carbonyl (C=O) groups excluding carboxylic acids is 1. The van der Waals surface area contributed by atoms with Gasteiger partial charge in [0, 0.05) is 13.5 Å². The molecule has 0 unspecified atom stereocenters. The summed E-state index contributed by atoms with van der Waals surface area (Å²) in [6.45, 7) is 3.95. The van der Waals surface area contributed by atoms with Gasteiger partial charge in [0.2, 0.25) is 0 Å². The van der Waals surface area contributed by atoms with Crippen LogP contribution in [0.15, 0.2) is 30.3 Å². The molecule has 1 heterocycles. The van der Waals surface area contributed by atoms with Gasteiger partial charge in [0.1, 0.15) is 18.3 Å². The van der Waals surface area contributed by atoms with Crippen LogP contribution in [0.2, 0.25) is 0 Å². The van der Waals surface area contributed by atoms with Crippen molar-refractivity contribution in [2.75, 3.05) is 13.2 Å². The molecule has 0 aromatic heterocycles. The SMILES string of the molecule is CCCO[C@H]1[C@H](O)[C@H](COCc2ccccc2)O[C@@H](O)[C@H]1OC(C)=O. The Kier molecular flexibility index (Phi) is 7.80. The predicted molar refractivity (Wildman–Crippen MR) is 88.6 cm³/mol. The summed E-state index contributed by atoms with van der Waals surface area (Å²) in [4.78, 5) is 11.2. The van der Waals surface area contributed by atoms with Gasteiger partial charge in [-0.1, -0.05) is 37.3 Å². The fourth-order valence-corrected chi connectivity index (χ4v) is 2.67. The molecule has 0 saturated carbocycles. The number of carbonyl (C=O) groups is 1. The van der Waals surface area contributed by atoms with Crippen molar-refractivity contribution in [1.29, 1.82) is 0 Å². The minimum Gasteiger partial charge on any atom is -0.454 e. The molecule has 5 atom stereocenters. The van der Waals surface area contributed by atoms with Crippen LogP contribution in [0.5, 0.6) is 0 Å². The third-order valence-electron chi connectivity index (χ3n) is 3.85. The first-order valence-electron chi connectivity index (χ1n) is 8.45. The molecule has 0 radical (unpaired) electrons. The molecule has 25 heavy (non-hydrogen) atoms. The standard InChI is InChI=1S/C18H26O7/c1-3-9-23-16-15(20)14(25-18(21)17(16)24-12(2)19)11-22-10-13-7-5-4-6-8-13/h4-8,14-18,20-21H,3,9-11H2,1-2H3/t14-,15+,16-,17-,18+/m0/s1. The summed E-state index contributed by atoms with van der Waals surface area (Å²) in [6.07, 6.45) is -4.49. The van der Waals surface area contributed by atoms with E-state index < -0.39 is 36.7 Å². The fourth-order valence-electron chi connectivity index (χ4n) is 2.67. The van der Waals surface area contributed by atoms with Gasteiger partial charge >= 0.3 is 5.97 Å². The van der Waals surface area contributed by atoms with Crippen molar-refractivity contribution in [2.24, 2.45) is 0 Å². The van der Waals surface area contributed by atoms with E-state index in [0.717, 1.165) is 12.0 Å². The lowest BCUT2D eigenvalue weighted by molar-refractivity contribution is -0.299. The molecule has 1 aromatic rings. The number of hydrogen-bond acceptors (Lipinski definition) is 7. The molecule has 1 aliphatic heterocycles. The van der Waals surface area contributed by atoms with Crippen LogP contribution in [0.25, 0.3) is 0 Å². The Balaban J connectivity index is 1.96. The average Bonchev–Trinajstić information content (AvgIpc) is 2.59. The highest BCUT2D eigenvalue weighted by Gasteiger charge is 2.47. The molecule has 2 rings (SSSR count). The van der Waals surface area contributed by atoms with Crippen molar-refractivity contribution in [3.8, 4) is 0 Å². The fraction of sp³-hybridized carbons (Fsp3) is 0.611. The van der Waals surface area contributed by atoms with Crippen molar-refractivity contribution in [3.63, 3.8) is 0 Å². The van der Waals surface area contributed by atoms with Gasteiger partial charge in [0.05, 0.1) is 13.2 Å². The smallest absolute Gasteiger partial charge is 0.303 e. The molecule has 1 saturated heterocycles. The van der Waals surface area contributed by atoms with E-state index in [4.69, 9.17) is 18.9 Å². The van der Waals surface area contributed by atoms with Crippen LogP contribution in [-0.4, -0.2) is 60.1 Å². The molecular weight excluding hydrogens is 328 g/mol. The Labute approximate surface area is 147 Å². The summed E-state index contributed by atoms with van der Waals surface area (Å²) in [7, 11) is 0. The highest BCUT2D eigenvalue weighted by atomic mass is 16.7. The lowest BCUT2D eigenvalue weighted by atomic mass is 9.98. The molecule has 0 bridgehead atoms. The summed E-state index contributed by atoms with van der Waals surface area (Å²) < 4.78 is 21.6. The first-order valence-corrected chi connectivity index (χ1v) is 8.45. The van der Waals surface area contributed by atoms with Gasteiger partial charge in [0.15, 0.2) is 12.4 Å². The highest BCUT2D eigenvalue weighted by molar-refractivity contribution is 5.66. The second kappa shape index (κ2) is 9.84. The van der Waals surface area contributed by atoms with Crippen LogP contribution in [0.3, 0.4) is 0 Å². The third kappa shape index (κ3) is 5.76. The minimum absolute atomic E-state index is 0.0753. The minimum atomic E-state index is -1.39. The normalized spacial score (nSPS) is 29.4. The van der Waals surface area contributed by atoms with E-state index in [1.165, 1.54) is 6.92 Å². The monoisotopic (exact) mass is 354 g/mol. The van der Waals surface area contributed by atoms with Crippen LogP contribution in [0.1, 0.15) is 25.8 Å². The Hall–Kier alpha value is -1.51. The van der Waals surface area contributed by atoms with Crippen molar-refractivity contribution in [3.05, 3.63) is 35.9 Å². The average molecular weight is 354 g/mol. The molecule has 140 valence electrons. The molecular formula is C18H26O7. The van der Waals surface area contributed by atoms with Gasteiger partial charge in [-0.15, -0.1) is 0 Å². The molecule has 0 amide bonds. The van der Waals surface area contributed by atoms with E-state index in [2.05, 4.69) is 0 Å². The molecule has 7 nitrogen and oxygen atoms in total. The number of rotatable bonds is 8. The quantitative estimate of drug-likeness (QED) is 0.673. The Bertz CT molecular complexity index is 521. The number of ether oxygens (including phenoxy) is 4. The first kappa shape index (κ1) is 19.8. The zero-order valence-corrected chi connectivity index (χ0v) is 14.5. The van der Waals surface area contributed by atoms with E-state index in [1.54, 1.807) is 0 Å².